The number of nitrogens with zero attached hydrogens (tertiary/aromatic N) is 2. The predicted molar refractivity (Wildman–Crippen MR) is 70.6 cm³/mol. The Morgan fingerprint density at radius 1 is 1.63 bits per heavy atom. The molecule has 7 nitrogen and oxygen atoms in total. The van der Waals surface area contributed by atoms with Crippen molar-refractivity contribution in [3.63, 3.8) is 0 Å². The maximum atomic E-state index is 12.4. The Hall–Kier alpha value is -1.86. The van der Waals surface area contributed by atoms with Gasteiger partial charge in [0.05, 0.1) is 5.02 Å². The summed E-state index contributed by atoms with van der Waals surface area (Å²) in [6.07, 6.45) is 0. The first-order chi connectivity index (χ1) is 9.04. The molecule has 0 spiro atoms. The lowest BCUT2D eigenvalue weighted by atomic mass is 10.2. The fraction of sp³-hybridized carbons (Fsp3) is 0.364. The summed E-state index contributed by atoms with van der Waals surface area (Å²) in [5.41, 5.74) is 2.43. The van der Waals surface area contributed by atoms with Crippen LogP contribution in [-0.4, -0.2) is 40.8 Å². The SMILES string of the molecule is CC1C(=O)NCCN1C(=O)c1nc(NN)ccc1Cl. The number of hydrazine groups is 1. The number of pyridine rings is 1. The number of carbonyl (C=O) groups excluding carboxylic acids is 2. The van der Waals surface area contributed by atoms with E-state index in [1.807, 2.05) is 0 Å². The summed E-state index contributed by atoms with van der Waals surface area (Å²) in [7, 11) is 0. The minimum absolute atomic E-state index is 0.0821. The van der Waals surface area contributed by atoms with E-state index in [-0.39, 0.29) is 22.5 Å². The van der Waals surface area contributed by atoms with Gasteiger partial charge in [0, 0.05) is 13.1 Å². The number of nitrogens with one attached hydrogen (secondary N) is 2. The quantitative estimate of drug-likeness (QED) is 0.523. The van der Waals surface area contributed by atoms with Crippen LogP contribution in [0.15, 0.2) is 12.1 Å². The molecule has 1 aromatic rings. The number of nitrogens with two attached hydrogens (primary N) is 1. The van der Waals surface area contributed by atoms with E-state index in [0.717, 1.165) is 0 Å². The smallest absolute Gasteiger partial charge is 0.274 e. The number of hydrogen-bond acceptors (Lipinski definition) is 5. The van der Waals surface area contributed by atoms with Crippen molar-refractivity contribution in [1.29, 1.82) is 0 Å². The minimum atomic E-state index is -0.548. The van der Waals surface area contributed by atoms with Crippen molar-refractivity contribution >= 4 is 29.2 Å². The van der Waals surface area contributed by atoms with Gasteiger partial charge in [-0.2, -0.15) is 0 Å². The Labute approximate surface area is 115 Å². The molecule has 1 unspecified atom stereocenters. The van der Waals surface area contributed by atoms with Gasteiger partial charge in [-0.05, 0) is 19.1 Å². The molecule has 1 aliphatic rings. The summed E-state index contributed by atoms with van der Waals surface area (Å²) in [5, 5.41) is 2.91. The molecule has 19 heavy (non-hydrogen) atoms. The Bertz CT molecular complexity index is 522. The van der Waals surface area contributed by atoms with Crippen molar-refractivity contribution in [2.45, 2.75) is 13.0 Å². The first-order valence-electron chi connectivity index (χ1n) is 5.76. The molecule has 2 rings (SSSR count). The third-order valence-corrected chi connectivity index (χ3v) is 3.26. The van der Waals surface area contributed by atoms with Gasteiger partial charge < -0.3 is 15.6 Å². The fourth-order valence-corrected chi connectivity index (χ4v) is 2.05. The molecule has 1 aliphatic heterocycles. The van der Waals surface area contributed by atoms with Crippen LogP contribution in [0.5, 0.6) is 0 Å². The molecule has 4 N–H and O–H groups in total. The Morgan fingerprint density at radius 3 is 3.05 bits per heavy atom. The summed E-state index contributed by atoms with van der Waals surface area (Å²) in [5.74, 6) is 5.01. The first-order valence-corrected chi connectivity index (χ1v) is 6.14. The third kappa shape index (κ3) is 2.61. The zero-order valence-electron chi connectivity index (χ0n) is 10.3. The van der Waals surface area contributed by atoms with E-state index in [2.05, 4.69) is 15.7 Å². The van der Waals surface area contributed by atoms with Gasteiger partial charge in [0.2, 0.25) is 5.91 Å². The molecule has 2 amide bonds. The van der Waals surface area contributed by atoms with Gasteiger partial charge in [0.1, 0.15) is 17.6 Å². The van der Waals surface area contributed by atoms with Crippen molar-refractivity contribution in [3.8, 4) is 0 Å². The van der Waals surface area contributed by atoms with E-state index in [4.69, 9.17) is 17.4 Å². The predicted octanol–water partition coefficient (Wildman–Crippen LogP) is -0.0189. The lowest BCUT2D eigenvalue weighted by Gasteiger charge is -2.32. The minimum Gasteiger partial charge on any atom is -0.353 e. The Balaban J connectivity index is 2.30. The van der Waals surface area contributed by atoms with E-state index in [0.29, 0.717) is 18.9 Å². The molecular weight excluding hydrogens is 270 g/mol. The fourth-order valence-electron chi connectivity index (χ4n) is 1.87. The maximum absolute atomic E-state index is 12.4. The van der Waals surface area contributed by atoms with Gasteiger partial charge in [0.25, 0.3) is 5.91 Å². The molecule has 1 fully saturated rings. The molecule has 0 saturated carbocycles. The topological polar surface area (TPSA) is 100 Å². The van der Waals surface area contributed by atoms with Crippen molar-refractivity contribution < 1.29 is 9.59 Å². The lowest BCUT2D eigenvalue weighted by Crippen LogP contribution is -2.56. The number of hydrogen-bond donors (Lipinski definition) is 3. The van der Waals surface area contributed by atoms with Crippen molar-refractivity contribution in [1.82, 2.24) is 15.2 Å². The first kappa shape index (κ1) is 13.6. The number of piperazine rings is 1. The highest BCUT2D eigenvalue weighted by atomic mass is 35.5. The van der Waals surface area contributed by atoms with Crippen molar-refractivity contribution in [3.05, 3.63) is 22.8 Å². The van der Waals surface area contributed by atoms with Crippen LogP contribution in [0.2, 0.25) is 5.02 Å². The molecule has 1 saturated heterocycles. The number of halogens is 1. The second-order valence-electron chi connectivity index (χ2n) is 4.14. The number of anilines is 1. The monoisotopic (exact) mass is 283 g/mol. The molecule has 0 radical (unpaired) electrons. The van der Waals surface area contributed by atoms with E-state index >= 15 is 0 Å². The van der Waals surface area contributed by atoms with Crippen LogP contribution >= 0.6 is 11.6 Å². The average molecular weight is 284 g/mol. The lowest BCUT2D eigenvalue weighted by molar-refractivity contribution is -0.127. The summed E-state index contributed by atoms with van der Waals surface area (Å²) >= 11 is 5.97. The van der Waals surface area contributed by atoms with Crippen molar-refractivity contribution in [2.75, 3.05) is 18.5 Å². The molecule has 102 valence electrons. The second kappa shape index (κ2) is 5.41. The highest BCUT2D eigenvalue weighted by Gasteiger charge is 2.31. The zero-order valence-corrected chi connectivity index (χ0v) is 11.1. The van der Waals surface area contributed by atoms with Gasteiger partial charge in [-0.3, -0.25) is 9.59 Å². The van der Waals surface area contributed by atoms with Gasteiger partial charge >= 0.3 is 0 Å². The van der Waals surface area contributed by atoms with E-state index in [9.17, 15) is 9.59 Å². The number of aromatic nitrogens is 1. The van der Waals surface area contributed by atoms with Crippen LogP contribution in [0.1, 0.15) is 17.4 Å². The van der Waals surface area contributed by atoms with Crippen LogP contribution in [-0.2, 0) is 4.79 Å². The van der Waals surface area contributed by atoms with E-state index in [1.165, 1.54) is 11.0 Å². The normalized spacial score (nSPS) is 19.0. The molecular formula is C11H14ClN5O2. The maximum Gasteiger partial charge on any atom is 0.274 e. The average Bonchev–Trinajstić information content (AvgIpc) is 2.42. The van der Waals surface area contributed by atoms with Crippen molar-refractivity contribution in [2.24, 2.45) is 5.84 Å². The highest BCUT2D eigenvalue weighted by Crippen LogP contribution is 2.19. The highest BCUT2D eigenvalue weighted by molar-refractivity contribution is 6.33. The third-order valence-electron chi connectivity index (χ3n) is 2.96. The van der Waals surface area contributed by atoms with Crippen LogP contribution in [0, 0.1) is 0 Å². The zero-order chi connectivity index (χ0) is 14.0. The molecule has 0 bridgehead atoms. The standard InChI is InChI=1S/C11H14ClN5O2/c1-6-10(18)14-4-5-17(6)11(19)9-7(12)2-3-8(15-9)16-13/h2-3,6H,4-5,13H2,1H3,(H,14,18)(H,15,16). The summed E-state index contributed by atoms with van der Waals surface area (Å²) in [6, 6.07) is 2.55. The van der Waals surface area contributed by atoms with Crippen LogP contribution in [0.4, 0.5) is 5.82 Å². The largest absolute Gasteiger partial charge is 0.353 e. The summed E-state index contributed by atoms with van der Waals surface area (Å²) < 4.78 is 0. The molecule has 8 heteroatoms. The molecule has 0 aromatic carbocycles. The van der Waals surface area contributed by atoms with Gasteiger partial charge in [0.15, 0.2) is 0 Å². The number of amides is 2. The van der Waals surface area contributed by atoms with Gasteiger partial charge in [-0.15, -0.1) is 0 Å². The van der Waals surface area contributed by atoms with Gasteiger partial charge in [-0.25, -0.2) is 10.8 Å². The number of nitrogen functional groups attached to an aromatic ring is 1. The Kier molecular flexibility index (Phi) is 3.87. The number of carbonyl (C=O) groups is 2. The molecule has 0 aliphatic carbocycles. The van der Waals surface area contributed by atoms with E-state index in [1.54, 1.807) is 13.0 Å². The van der Waals surface area contributed by atoms with Gasteiger partial charge in [-0.1, -0.05) is 11.6 Å². The molecule has 2 heterocycles. The second-order valence-corrected chi connectivity index (χ2v) is 4.54. The van der Waals surface area contributed by atoms with Crippen LogP contribution in [0.25, 0.3) is 0 Å². The summed E-state index contributed by atoms with van der Waals surface area (Å²) in [4.78, 5) is 29.4. The number of rotatable bonds is 2. The van der Waals surface area contributed by atoms with E-state index < -0.39 is 6.04 Å². The van der Waals surface area contributed by atoms with Crippen LogP contribution in [0.3, 0.4) is 0 Å². The van der Waals surface area contributed by atoms with Crippen LogP contribution < -0.4 is 16.6 Å². The summed E-state index contributed by atoms with van der Waals surface area (Å²) in [6.45, 7) is 2.50. The molecule has 1 atom stereocenters. The molecule has 1 aromatic heterocycles. The Morgan fingerprint density at radius 2 is 2.37 bits per heavy atom.